The summed E-state index contributed by atoms with van der Waals surface area (Å²) in [6.45, 7) is 2.01. The minimum Gasteiger partial charge on any atom is -0.398 e. The van der Waals surface area contributed by atoms with Crippen LogP contribution in [0.1, 0.15) is 18.1 Å². The lowest BCUT2D eigenvalue weighted by atomic mass is 10.1. The van der Waals surface area contributed by atoms with Gasteiger partial charge in [-0.05, 0) is 18.1 Å². The fraction of sp³-hybridized carbons (Fsp3) is 0.231. The molecular weight excluding hydrogens is 228 g/mol. The predicted octanol–water partition coefficient (Wildman–Crippen LogP) is 1.74. The number of amides is 1. The van der Waals surface area contributed by atoms with E-state index in [9.17, 15) is 4.79 Å². The Labute approximate surface area is 105 Å². The molecule has 0 unspecified atom stereocenters. The first kappa shape index (κ1) is 12.2. The number of hydrogen-bond donors (Lipinski definition) is 3. The van der Waals surface area contributed by atoms with Crippen LogP contribution in [0.3, 0.4) is 0 Å². The Morgan fingerprint density at radius 1 is 1.39 bits per heavy atom. The molecule has 4 N–H and O–H groups in total. The lowest BCUT2D eigenvalue weighted by Gasteiger charge is -2.06. The second kappa shape index (κ2) is 5.35. The van der Waals surface area contributed by atoms with E-state index in [0.29, 0.717) is 11.5 Å². The second-order valence-electron chi connectivity index (χ2n) is 4.05. The third kappa shape index (κ3) is 2.68. The van der Waals surface area contributed by atoms with Gasteiger partial charge < -0.3 is 11.1 Å². The van der Waals surface area contributed by atoms with Crippen LogP contribution in [-0.4, -0.2) is 16.1 Å². The number of aromatic amines is 1. The lowest BCUT2D eigenvalue weighted by Crippen LogP contribution is -2.16. The number of benzene rings is 1. The first-order chi connectivity index (χ1) is 8.70. The third-order valence-corrected chi connectivity index (χ3v) is 2.77. The van der Waals surface area contributed by atoms with E-state index in [1.807, 2.05) is 25.1 Å². The number of nitrogens with zero attached hydrogens (tertiary/aromatic N) is 1. The maximum absolute atomic E-state index is 11.9. The molecule has 0 aliphatic rings. The Morgan fingerprint density at radius 2 is 2.17 bits per heavy atom. The highest BCUT2D eigenvalue weighted by molar-refractivity contribution is 5.92. The molecule has 5 nitrogen and oxygen atoms in total. The largest absolute Gasteiger partial charge is 0.398 e. The van der Waals surface area contributed by atoms with E-state index in [-0.39, 0.29) is 12.3 Å². The van der Waals surface area contributed by atoms with Gasteiger partial charge in [0.25, 0.3) is 0 Å². The average Bonchev–Trinajstić information content (AvgIpc) is 2.79. The second-order valence-corrected chi connectivity index (χ2v) is 4.05. The Bertz CT molecular complexity index is 547. The first-order valence-corrected chi connectivity index (χ1v) is 5.86. The van der Waals surface area contributed by atoms with E-state index in [1.165, 1.54) is 0 Å². The van der Waals surface area contributed by atoms with Crippen molar-refractivity contribution in [2.45, 2.75) is 19.8 Å². The highest BCUT2D eigenvalue weighted by Crippen LogP contribution is 2.14. The molecule has 0 radical (unpaired) electrons. The van der Waals surface area contributed by atoms with Crippen LogP contribution in [0.25, 0.3) is 0 Å². The number of rotatable bonds is 4. The van der Waals surface area contributed by atoms with Gasteiger partial charge in [-0.1, -0.05) is 25.1 Å². The number of nitrogens with one attached hydrogen (secondary N) is 2. The summed E-state index contributed by atoms with van der Waals surface area (Å²) in [4.78, 5) is 11.9. The van der Waals surface area contributed by atoms with Crippen LogP contribution < -0.4 is 11.1 Å². The zero-order chi connectivity index (χ0) is 13.0. The number of anilines is 2. The number of para-hydroxylation sites is 1. The molecule has 0 aliphatic carbocycles. The molecule has 0 saturated heterocycles. The van der Waals surface area contributed by atoms with Gasteiger partial charge in [0.05, 0.1) is 12.6 Å². The van der Waals surface area contributed by atoms with Crippen molar-refractivity contribution >= 4 is 17.4 Å². The zero-order valence-electron chi connectivity index (χ0n) is 10.2. The van der Waals surface area contributed by atoms with Crippen LogP contribution in [0.4, 0.5) is 11.5 Å². The van der Waals surface area contributed by atoms with Crippen molar-refractivity contribution in [2.75, 3.05) is 11.1 Å². The summed E-state index contributed by atoms with van der Waals surface area (Å²) in [5.41, 5.74) is 8.25. The highest BCUT2D eigenvalue weighted by atomic mass is 16.1. The molecule has 0 bridgehead atoms. The quantitative estimate of drug-likeness (QED) is 0.716. The molecule has 5 heteroatoms. The summed E-state index contributed by atoms with van der Waals surface area (Å²) >= 11 is 0. The van der Waals surface area contributed by atoms with Gasteiger partial charge in [0.15, 0.2) is 0 Å². The number of aromatic nitrogens is 2. The summed E-state index contributed by atoms with van der Waals surface area (Å²) in [7, 11) is 0. The number of nitrogen functional groups attached to an aromatic ring is 1. The summed E-state index contributed by atoms with van der Waals surface area (Å²) in [6, 6.07) is 7.35. The Morgan fingerprint density at radius 3 is 2.89 bits per heavy atom. The molecule has 1 heterocycles. The number of H-pyrrole nitrogens is 1. The number of carbonyl (C=O) groups excluding carboxylic acids is 1. The monoisotopic (exact) mass is 244 g/mol. The summed E-state index contributed by atoms with van der Waals surface area (Å²) in [6.07, 6.45) is 2.79. The predicted molar refractivity (Wildman–Crippen MR) is 71.2 cm³/mol. The van der Waals surface area contributed by atoms with E-state index in [0.717, 1.165) is 17.5 Å². The van der Waals surface area contributed by atoms with E-state index in [1.54, 1.807) is 12.3 Å². The van der Waals surface area contributed by atoms with E-state index >= 15 is 0 Å². The molecule has 1 aromatic heterocycles. The number of aryl methyl sites for hydroxylation is 1. The van der Waals surface area contributed by atoms with Crippen LogP contribution in [0, 0.1) is 0 Å². The van der Waals surface area contributed by atoms with E-state index in [4.69, 9.17) is 5.73 Å². The molecule has 1 amide bonds. The highest BCUT2D eigenvalue weighted by Gasteiger charge is 2.09. The standard InChI is InChI=1S/C13H16N4O/c1-2-9-8-15-17-13(9)16-12(18)7-10-5-3-4-6-11(10)14/h3-6,8H,2,7,14H2,1H3,(H2,15,16,17,18). The molecule has 2 rings (SSSR count). The maximum atomic E-state index is 11.9. The van der Waals surface area contributed by atoms with Crippen molar-refractivity contribution in [1.29, 1.82) is 0 Å². The minimum atomic E-state index is -0.105. The maximum Gasteiger partial charge on any atom is 0.230 e. The Kier molecular flexibility index (Phi) is 3.62. The van der Waals surface area contributed by atoms with Gasteiger partial charge in [0.1, 0.15) is 5.82 Å². The van der Waals surface area contributed by atoms with E-state index < -0.39 is 0 Å². The van der Waals surface area contributed by atoms with Gasteiger partial charge in [-0.25, -0.2) is 0 Å². The molecular formula is C13H16N4O. The molecule has 94 valence electrons. The smallest absolute Gasteiger partial charge is 0.230 e. The first-order valence-electron chi connectivity index (χ1n) is 5.86. The van der Waals surface area contributed by atoms with Crippen LogP contribution in [-0.2, 0) is 17.6 Å². The van der Waals surface area contributed by atoms with Gasteiger partial charge >= 0.3 is 0 Å². The van der Waals surface area contributed by atoms with Crippen molar-refractivity contribution in [2.24, 2.45) is 0 Å². The van der Waals surface area contributed by atoms with Crippen molar-refractivity contribution in [3.05, 3.63) is 41.6 Å². The minimum absolute atomic E-state index is 0.105. The lowest BCUT2D eigenvalue weighted by molar-refractivity contribution is -0.115. The molecule has 0 fully saturated rings. The molecule has 2 aromatic rings. The SMILES string of the molecule is CCc1cn[nH]c1NC(=O)Cc1ccccc1N. The molecule has 0 saturated carbocycles. The van der Waals surface area contributed by atoms with Gasteiger partial charge in [-0.15, -0.1) is 0 Å². The van der Waals surface area contributed by atoms with Crippen LogP contribution in [0.15, 0.2) is 30.5 Å². The van der Waals surface area contributed by atoms with Gasteiger partial charge in [-0.2, -0.15) is 5.10 Å². The summed E-state index contributed by atoms with van der Waals surface area (Å²) < 4.78 is 0. The molecule has 18 heavy (non-hydrogen) atoms. The number of carbonyl (C=O) groups is 1. The number of nitrogens with two attached hydrogens (primary N) is 1. The van der Waals surface area contributed by atoms with Crippen LogP contribution >= 0.6 is 0 Å². The Hall–Kier alpha value is -2.30. The van der Waals surface area contributed by atoms with Crippen molar-refractivity contribution < 1.29 is 4.79 Å². The van der Waals surface area contributed by atoms with Crippen LogP contribution in [0.2, 0.25) is 0 Å². The summed E-state index contributed by atoms with van der Waals surface area (Å²) in [5.74, 6) is 0.559. The van der Waals surface area contributed by atoms with Gasteiger partial charge in [0.2, 0.25) is 5.91 Å². The fourth-order valence-corrected chi connectivity index (χ4v) is 1.74. The topological polar surface area (TPSA) is 83.8 Å². The molecule has 1 aromatic carbocycles. The number of hydrogen-bond acceptors (Lipinski definition) is 3. The fourth-order valence-electron chi connectivity index (χ4n) is 1.74. The van der Waals surface area contributed by atoms with Crippen molar-refractivity contribution in [1.82, 2.24) is 10.2 Å². The van der Waals surface area contributed by atoms with E-state index in [2.05, 4.69) is 15.5 Å². The average molecular weight is 244 g/mol. The zero-order valence-corrected chi connectivity index (χ0v) is 10.2. The van der Waals surface area contributed by atoms with Crippen molar-refractivity contribution in [3.8, 4) is 0 Å². The molecule has 0 spiro atoms. The molecule has 0 aliphatic heterocycles. The Balaban J connectivity index is 2.04. The third-order valence-electron chi connectivity index (χ3n) is 2.77. The molecule has 0 atom stereocenters. The van der Waals surface area contributed by atoms with Crippen molar-refractivity contribution in [3.63, 3.8) is 0 Å². The van der Waals surface area contributed by atoms with Gasteiger partial charge in [0, 0.05) is 11.3 Å². The van der Waals surface area contributed by atoms with Crippen LogP contribution in [0.5, 0.6) is 0 Å². The van der Waals surface area contributed by atoms with Gasteiger partial charge in [-0.3, -0.25) is 9.89 Å². The summed E-state index contributed by atoms with van der Waals surface area (Å²) in [5, 5.41) is 9.49. The normalized spacial score (nSPS) is 10.3.